The third-order valence-electron chi connectivity index (χ3n) is 11.1. The molecule has 0 atom stereocenters. The summed E-state index contributed by atoms with van der Waals surface area (Å²) in [4.78, 5) is 14.9. The second-order valence-corrected chi connectivity index (χ2v) is 14.8. The molecule has 0 fully saturated rings. The predicted octanol–water partition coefficient (Wildman–Crippen LogP) is 13.3. The van der Waals surface area contributed by atoms with Gasteiger partial charge in [0.05, 0.1) is 0 Å². The van der Waals surface area contributed by atoms with Gasteiger partial charge >= 0.3 is 0 Å². The van der Waals surface area contributed by atoms with Gasteiger partial charge in [-0.1, -0.05) is 178 Å². The van der Waals surface area contributed by atoms with Gasteiger partial charge in [-0.05, 0) is 90.7 Å². The molecule has 8 aromatic carbocycles. The van der Waals surface area contributed by atoms with Gasteiger partial charge < -0.3 is 0 Å². The molecule has 3 heteroatoms. The van der Waals surface area contributed by atoms with Gasteiger partial charge in [-0.15, -0.1) is 0 Å². The van der Waals surface area contributed by atoms with E-state index in [2.05, 4.69) is 141 Å². The summed E-state index contributed by atoms with van der Waals surface area (Å²) < 4.78 is 0. The normalized spacial score (nSPS) is 12.7. The van der Waals surface area contributed by atoms with Crippen LogP contribution in [0.15, 0.2) is 188 Å². The Morgan fingerprint density at radius 1 is 0.309 bits per heavy atom. The number of fused-ring (bicyclic) bond motifs is 4. The lowest BCUT2D eigenvalue weighted by Gasteiger charge is -2.23. The van der Waals surface area contributed by atoms with Crippen molar-refractivity contribution < 1.29 is 0 Å². The molecule has 0 amide bonds. The Balaban J connectivity index is 1.12. The van der Waals surface area contributed by atoms with Gasteiger partial charge in [0.2, 0.25) is 0 Å². The summed E-state index contributed by atoms with van der Waals surface area (Å²) in [7, 11) is 0. The Hall–Kier alpha value is -6.97. The van der Waals surface area contributed by atoms with Gasteiger partial charge in [-0.25, -0.2) is 15.0 Å². The van der Waals surface area contributed by atoms with Crippen molar-refractivity contribution in [1.82, 2.24) is 15.0 Å². The first-order chi connectivity index (χ1) is 27.0. The highest BCUT2D eigenvalue weighted by molar-refractivity contribution is 6.03. The highest BCUT2D eigenvalue weighted by Gasteiger charge is 2.36. The smallest absolute Gasteiger partial charge is 0.164 e. The van der Waals surface area contributed by atoms with E-state index in [1.54, 1.807) is 0 Å². The lowest BCUT2D eigenvalue weighted by molar-refractivity contribution is 0.660. The molecule has 0 radical (unpaired) electrons. The van der Waals surface area contributed by atoms with E-state index in [1.807, 2.05) is 60.7 Å². The molecule has 9 aromatic rings. The van der Waals surface area contributed by atoms with Gasteiger partial charge in [0.25, 0.3) is 0 Å². The van der Waals surface area contributed by atoms with Crippen molar-refractivity contribution in [2.24, 2.45) is 0 Å². The summed E-state index contributed by atoms with van der Waals surface area (Å²) in [6.07, 6.45) is 0. The molecule has 0 bridgehead atoms. The average molecular weight is 704 g/mol. The van der Waals surface area contributed by atoms with Crippen molar-refractivity contribution in [2.75, 3.05) is 0 Å². The van der Waals surface area contributed by atoms with Gasteiger partial charge in [-0.3, -0.25) is 0 Å². The van der Waals surface area contributed by atoms with E-state index in [-0.39, 0.29) is 5.41 Å². The summed E-state index contributed by atoms with van der Waals surface area (Å²) in [5.41, 5.74) is 15.2. The van der Waals surface area contributed by atoms with Crippen molar-refractivity contribution in [3.8, 4) is 78.7 Å². The van der Waals surface area contributed by atoms with Crippen LogP contribution in [0.5, 0.6) is 0 Å². The zero-order valence-electron chi connectivity index (χ0n) is 30.7. The third kappa shape index (κ3) is 5.73. The molecule has 0 saturated carbocycles. The first-order valence-corrected chi connectivity index (χ1v) is 18.9. The Kier molecular flexibility index (Phi) is 7.81. The van der Waals surface area contributed by atoms with Crippen LogP contribution in [-0.2, 0) is 5.41 Å². The number of nitrogens with zero attached hydrogens (tertiary/aromatic N) is 3. The predicted molar refractivity (Wildman–Crippen MR) is 228 cm³/mol. The Labute approximate surface area is 321 Å². The Bertz CT molecular complexity index is 2830. The molecule has 260 valence electrons. The second-order valence-electron chi connectivity index (χ2n) is 14.8. The Morgan fingerprint density at radius 2 is 0.800 bits per heavy atom. The molecule has 1 aromatic heterocycles. The minimum absolute atomic E-state index is 0.119. The second kappa shape index (κ2) is 13.2. The molecule has 1 aliphatic rings. The van der Waals surface area contributed by atoms with Crippen LogP contribution in [-0.4, -0.2) is 15.0 Å². The molecule has 10 rings (SSSR count). The zero-order valence-corrected chi connectivity index (χ0v) is 30.7. The zero-order chi connectivity index (χ0) is 36.9. The molecule has 1 aliphatic carbocycles. The van der Waals surface area contributed by atoms with E-state index in [1.165, 1.54) is 55.3 Å². The molecule has 55 heavy (non-hydrogen) atoms. The molecule has 0 spiro atoms. The summed E-state index contributed by atoms with van der Waals surface area (Å²) in [5.74, 6) is 1.95. The van der Waals surface area contributed by atoms with Crippen LogP contribution in [0.4, 0.5) is 0 Å². The van der Waals surface area contributed by atoms with Crippen molar-refractivity contribution in [1.29, 1.82) is 0 Å². The standard InChI is InChI=1S/C52H37N3/c1-52(2)47-29-12-11-27-43(47)46-32-45(42-28-15-21-34-16-9-10-26-41(34)42)44(33-48(46)52)39-24-13-22-37(30-39)38-23-14-25-40(31-38)51-54-49(35-17-5-3-6-18-35)53-50(55-51)36-19-7-4-8-20-36/h3-33H,1-2H3. The van der Waals surface area contributed by atoms with Crippen LogP contribution in [0.3, 0.4) is 0 Å². The molecule has 0 N–H and O–H groups in total. The van der Waals surface area contributed by atoms with Crippen molar-refractivity contribution >= 4 is 10.8 Å². The van der Waals surface area contributed by atoms with Gasteiger partial charge in [0.15, 0.2) is 17.5 Å². The SMILES string of the molecule is CC1(C)c2ccccc2-c2cc(-c3cccc4ccccc34)c(-c3cccc(-c4cccc(-c5nc(-c6ccccc6)nc(-c6ccccc6)n5)c4)c3)cc21. The number of benzene rings is 8. The molecule has 0 unspecified atom stereocenters. The maximum atomic E-state index is 5.01. The van der Waals surface area contributed by atoms with E-state index >= 15 is 0 Å². The minimum atomic E-state index is -0.119. The van der Waals surface area contributed by atoms with Crippen molar-refractivity contribution in [2.45, 2.75) is 19.3 Å². The fraction of sp³-hybridized carbons (Fsp3) is 0.0577. The molecule has 0 saturated heterocycles. The third-order valence-corrected chi connectivity index (χ3v) is 11.1. The number of hydrogen-bond donors (Lipinski definition) is 0. The molecule has 1 heterocycles. The van der Waals surface area contributed by atoms with E-state index in [4.69, 9.17) is 15.0 Å². The largest absolute Gasteiger partial charge is 0.208 e. The van der Waals surface area contributed by atoms with Gasteiger partial charge in [0.1, 0.15) is 0 Å². The monoisotopic (exact) mass is 703 g/mol. The first-order valence-electron chi connectivity index (χ1n) is 18.9. The van der Waals surface area contributed by atoms with Crippen LogP contribution >= 0.6 is 0 Å². The highest BCUT2D eigenvalue weighted by atomic mass is 15.0. The quantitative estimate of drug-likeness (QED) is 0.173. The molecular weight excluding hydrogens is 667 g/mol. The number of hydrogen-bond acceptors (Lipinski definition) is 3. The van der Waals surface area contributed by atoms with Crippen molar-refractivity contribution in [3.63, 3.8) is 0 Å². The Morgan fingerprint density at radius 3 is 1.51 bits per heavy atom. The molecular formula is C52H37N3. The number of aromatic nitrogens is 3. The van der Waals surface area contributed by atoms with Gasteiger partial charge in [-0.2, -0.15) is 0 Å². The molecule has 3 nitrogen and oxygen atoms in total. The minimum Gasteiger partial charge on any atom is -0.208 e. The average Bonchev–Trinajstić information content (AvgIpc) is 3.48. The lowest BCUT2D eigenvalue weighted by atomic mass is 9.80. The van der Waals surface area contributed by atoms with E-state index in [0.717, 1.165) is 27.8 Å². The fourth-order valence-corrected chi connectivity index (χ4v) is 8.31. The van der Waals surface area contributed by atoms with Crippen molar-refractivity contribution in [3.05, 3.63) is 199 Å². The van der Waals surface area contributed by atoms with Crippen LogP contribution in [0.1, 0.15) is 25.0 Å². The summed E-state index contributed by atoms with van der Waals surface area (Å²) in [5, 5.41) is 2.49. The lowest BCUT2D eigenvalue weighted by Crippen LogP contribution is -2.15. The van der Waals surface area contributed by atoms with E-state index in [0.29, 0.717) is 17.5 Å². The first kappa shape index (κ1) is 32.7. The summed E-state index contributed by atoms with van der Waals surface area (Å²) in [6, 6.07) is 67.0. The van der Waals surface area contributed by atoms with E-state index < -0.39 is 0 Å². The summed E-state index contributed by atoms with van der Waals surface area (Å²) >= 11 is 0. The van der Waals surface area contributed by atoms with Crippen LogP contribution < -0.4 is 0 Å². The topological polar surface area (TPSA) is 38.7 Å². The van der Waals surface area contributed by atoms with E-state index in [9.17, 15) is 0 Å². The highest BCUT2D eigenvalue weighted by Crippen LogP contribution is 2.52. The maximum absolute atomic E-state index is 5.01. The maximum Gasteiger partial charge on any atom is 0.164 e. The molecule has 0 aliphatic heterocycles. The van der Waals surface area contributed by atoms with Crippen LogP contribution in [0.25, 0.3) is 89.4 Å². The fourth-order valence-electron chi connectivity index (χ4n) is 8.31. The number of rotatable bonds is 6. The van der Waals surface area contributed by atoms with Crippen LogP contribution in [0.2, 0.25) is 0 Å². The summed E-state index contributed by atoms with van der Waals surface area (Å²) in [6.45, 7) is 4.71. The van der Waals surface area contributed by atoms with Gasteiger partial charge in [0, 0.05) is 22.1 Å². The van der Waals surface area contributed by atoms with Crippen LogP contribution in [0, 0.1) is 0 Å².